The molecule has 1 aliphatic rings. The van der Waals surface area contributed by atoms with Gasteiger partial charge in [0.15, 0.2) is 0 Å². The van der Waals surface area contributed by atoms with Gasteiger partial charge < -0.3 is 14.5 Å². The van der Waals surface area contributed by atoms with E-state index in [1.807, 2.05) is 17.0 Å². The highest BCUT2D eigenvalue weighted by Gasteiger charge is 2.32. The molecule has 2 rings (SSSR count). The standard InChI is InChI=1S/C23H39N3O4S/c1-6-25(19(2)18-20-9-11-21(30-5)12-10-20)15-7-8-23(27)26-16-13-22(14-17-26)31(28,29)24(3)4/h9-12,19,22H,6-8,13-18H2,1-5H3. The molecule has 1 fully saturated rings. The molecule has 1 unspecified atom stereocenters. The fourth-order valence-electron chi connectivity index (χ4n) is 4.21. The molecule has 176 valence electrons. The molecule has 0 radical (unpaired) electrons. The second-order valence-corrected chi connectivity index (χ2v) is 11.0. The Morgan fingerprint density at radius 1 is 1.19 bits per heavy atom. The summed E-state index contributed by atoms with van der Waals surface area (Å²) < 4.78 is 31.1. The average molecular weight is 454 g/mol. The van der Waals surface area contributed by atoms with Gasteiger partial charge in [0.1, 0.15) is 5.75 Å². The number of ether oxygens (including phenoxy) is 1. The quantitative estimate of drug-likeness (QED) is 0.515. The number of sulfonamides is 1. The van der Waals surface area contributed by atoms with Crippen molar-refractivity contribution < 1.29 is 17.9 Å². The van der Waals surface area contributed by atoms with E-state index < -0.39 is 10.0 Å². The highest BCUT2D eigenvalue weighted by Crippen LogP contribution is 2.21. The lowest BCUT2D eigenvalue weighted by atomic mass is 10.1. The minimum Gasteiger partial charge on any atom is -0.497 e. The van der Waals surface area contributed by atoms with Crippen LogP contribution in [0.1, 0.15) is 45.1 Å². The van der Waals surface area contributed by atoms with Crippen LogP contribution in [0.5, 0.6) is 5.75 Å². The van der Waals surface area contributed by atoms with Crippen molar-refractivity contribution in [2.75, 3.05) is 47.4 Å². The van der Waals surface area contributed by atoms with E-state index in [4.69, 9.17) is 4.74 Å². The molecule has 1 heterocycles. The van der Waals surface area contributed by atoms with E-state index in [2.05, 4.69) is 30.9 Å². The number of amides is 1. The topological polar surface area (TPSA) is 70.2 Å². The number of hydrogen-bond donors (Lipinski definition) is 0. The van der Waals surface area contributed by atoms with Gasteiger partial charge in [-0.15, -0.1) is 0 Å². The Morgan fingerprint density at radius 3 is 2.32 bits per heavy atom. The lowest BCUT2D eigenvalue weighted by Gasteiger charge is -2.33. The van der Waals surface area contributed by atoms with E-state index in [1.165, 1.54) is 9.87 Å². The number of nitrogens with zero attached hydrogens (tertiary/aromatic N) is 3. The normalized spacial score (nSPS) is 16.7. The number of likely N-dealkylation sites (N-methyl/N-ethyl adjacent to an activating group) is 1. The summed E-state index contributed by atoms with van der Waals surface area (Å²) >= 11 is 0. The van der Waals surface area contributed by atoms with E-state index in [1.54, 1.807) is 21.2 Å². The van der Waals surface area contributed by atoms with Gasteiger partial charge in [0.2, 0.25) is 15.9 Å². The maximum atomic E-state index is 12.6. The number of rotatable bonds is 11. The largest absolute Gasteiger partial charge is 0.497 e. The molecule has 0 saturated carbocycles. The summed E-state index contributed by atoms with van der Waals surface area (Å²) in [5.74, 6) is 1.00. The number of benzene rings is 1. The van der Waals surface area contributed by atoms with Crippen LogP contribution in [0.25, 0.3) is 0 Å². The minimum absolute atomic E-state index is 0.138. The summed E-state index contributed by atoms with van der Waals surface area (Å²) in [6, 6.07) is 8.58. The van der Waals surface area contributed by atoms with Crippen LogP contribution in [-0.4, -0.2) is 87.1 Å². The summed E-state index contributed by atoms with van der Waals surface area (Å²) in [5.41, 5.74) is 1.28. The van der Waals surface area contributed by atoms with Crippen LogP contribution in [0.2, 0.25) is 0 Å². The average Bonchev–Trinajstić information content (AvgIpc) is 2.77. The zero-order valence-corrected chi connectivity index (χ0v) is 20.5. The summed E-state index contributed by atoms with van der Waals surface area (Å²) in [5, 5.41) is -0.374. The highest BCUT2D eigenvalue weighted by molar-refractivity contribution is 7.89. The molecule has 31 heavy (non-hydrogen) atoms. The SMILES string of the molecule is CCN(CCCC(=O)N1CCC(S(=O)(=O)N(C)C)CC1)C(C)Cc1ccc(OC)cc1. The van der Waals surface area contributed by atoms with Crippen molar-refractivity contribution in [2.24, 2.45) is 0 Å². The van der Waals surface area contributed by atoms with Gasteiger partial charge in [-0.25, -0.2) is 12.7 Å². The van der Waals surface area contributed by atoms with Gasteiger partial charge in [0.05, 0.1) is 12.4 Å². The van der Waals surface area contributed by atoms with Gasteiger partial charge in [0.25, 0.3) is 0 Å². The third-order valence-electron chi connectivity index (χ3n) is 6.28. The Labute approximate surface area is 188 Å². The zero-order valence-electron chi connectivity index (χ0n) is 19.7. The van der Waals surface area contributed by atoms with Crippen LogP contribution in [-0.2, 0) is 21.2 Å². The molecule has 1 aromatic carbocycles. The van der Waals surface area contributed by atoms with Crippen molar-refractivity contribution >= 4 is 15.9 Å². The number of hydrogen-bond acceptors (Lipinski definition) is 5. The van der Waals surface area contributed by atoms with Crippen molar-refractivity contribution in [1.29, 1.82) is 0 Å². The molecule has 0 N–H and O–H groups in total. The molecule has 1 aliphatic heterocycles. The molecule has 7 nitrogen and oxygen atoms in total. The van der Waals surface area contributed by atoms with Crippen LogP contribution in [0.4, 0.5) is 0 Å². The summed E-state index contributed by atoms with van der Waals surface area (Å²) in [6.45, 7) is 7.27. The first-order chi connectivity index (χ1) is 14.7. The van der Waals surface area contributed by atoms with E-state index in [9.17, 15) is 13.2 Å². The Bertz CT molecular complexity index is 788. The number of methoxy groups -OCH3 is 1. The minimum atomic E-state index is -3.24. The molecule has 0 bridgehead atoms. The fraction of sp³-hybridized carbons (Fsp3) is 0.696. The van der Waals surface area contributed by atoms with Gasteiger partial charge in [-0.2, -0.15) is 0 Å². The van der Waals surface area contributed by atoms with Crippen LogP contribution in [0, 0.1) is 0 Å². The molecular formula is C23H39N3O4S. The Morgan fingerprint density at radius 2 is 1.81 bits per heavy atom. The second-order valence-electron chi connectivity index (χ2n) is 8.54. The highest BCUT2D eigenvalue weighted by atomic mass is 32.2. The lowest BCUT2D eigenvalue weighted by molar-refractivity contribution is -0.132. The van der Waals surface area contributed by atoms with E-state index in [0.29, 0.717) is 38.4 Å². The molecule has 1 amide bonds. The first-order valence-corrected chi connectivity index (χ1v) is 12.8. The predicted molar refractivity (Wildman–Crippen MR) is 125 cm³/mol. The fourth-order valence-corrected chi connectivity index (χ4v) is 5.62. The molecule has 1 aromatic rings. The van der Waals surface area contributed by atoms with E-state index in [0.717, 1.165) is 31.7 Å². The smallest absolute Gasteiger partial charge is 0.222 e. The van der Waals surface area contributed by atoms with Gasteiger partial charge in [-0.1, -0.05) is 19.1 Å². The maximum Gasteiger partial charge on any atom is 0.222 e. The third kappa shape index (κ3) is 7.19. The number of carbonyl (C=O) groups is 1. The molecule has 1 saturated heterocycles. The van der Waals surface area contributed by atoms with Crippen molar-refractivity contribution in [3.05, 3.63) is 29.8 Å². The Kier molecular flexibility index (Phi) is 9.78. The van der Waals surface area contributed by atoms with Crippen molar-refractivity contribution in [3.8, 4) is 5.75 Å². The Balaban J connectivity index is 1.76. The van der Waals surface area contributed by atoms with E-state index >= 15 is 0 Å². The van der Waals surface area contributed by atoms with Crippen molar-refractivity contribution in [3.63, 3.8) is 0 Å². The lowest BCUT2D eigenvalue weighted by Crippen LogP contribution is -2.45. The summed E-state index contributed by atoms with van der Waals surface area (Å²) in [4.78, 5) is 16.9. The predicted octanol–water partition coefficient (Wildman–Crippen LogP) is 2.61. The van der Waals surface area contributed by atoms with Crippen LogP contribution >= 0.6 is 0 Å². The first kappa shape index (κ1) is 25.6. The molecule has 8 heteroatoms. The first-order valence-electron chi connectivity index (χ1n) is 11.2. The maximum absolute atomic E-state index is 12.6. The van der Waals surface area contributed by atoms with Crippen molar-refractivity contribution in [1.82, 2.24) is 14.1 Å². The van der Waals surface area contributed by atoms with E-state index in [-0.39, 0.29) is 11.2 Å². The van der Waals surface area contributed by atoms with Gasteiger partial charge >= 0.3 is 0 Å². The van der Waals surface area contributed by atoms with Gasteiger partial charge in [-0.3, -0.25) is 4.79 Å². The summed E-state index contributed by atoms with van der Waals surface area (Å²) in [7, 11) is 1.58. The number of carbonyl (C=O) groups excluding carboxylic acids is 1. The number of piperidine rings is 1. The van der Waals surface area contributed by atoms with Crippen LogP contribution < -0.4 is 4.74 Å². The Hall–Kier alpha value is -1.64. The van der Waals surface area contributed by atoms with Gasteiger partial charge in [0, 0.05) is 39.6 Å². The van der Waals surface area contributed by atoms with Crippen molar-refractivity contribution in [2.45, 2.75) is 57.2 Å². The van der Waals surface area contributed by atoms with Crippen LogP contribution in [0.15, 0.2) is 24.3 Å². The third-order valence-corrected chi connectivity index (χ3v) is 8.61. The molecule has 0 aromatic heterocycles. The second kappa shape index (κ2) is 11.8. The summed E-state index contributed by atoms with van der Waals surface area (Å²) in [6.07, 6.45) is 3.32. The molecule has 0 spiro atoms. The number of likely N-dealkylation sites (tertiary alicyclic amines) is 1. The zero-order chi connectivity index (χ0) is 23.0. The molecule has 0 aliphatic carbocycles. The molecule has 1 atom stereocenters. The van der Waals surface area contributed by atoms with Crippen LogP contribution in [0.3, 0.4) is 0 Å². The monoisotopic (exact) mass is 453 g/mol. The molecular weight excluding hydrogens is 414 g/mol. The van der Waals surface area contributed by atoms with Gasteiger partial charge in [-0.05, 0) is 63.4 Å².